The number of urea groups is 1. The molecule has 1 heterocycles. The average Bonchev–Trinajstić information content (AvgIpc) is 2.75. The van der Waals surface area contributed by atoms with Gasteiger partial charge in [0.05, 0.1) is 17.3 Å². The first kappa shape index (κ1) is 18.2. The topological polar surface area (TPSA) is 64.4 Å². The van der Waals surface area contributed by atoms with Gasteiger partial charge < -0.3 is 4.90 Å². The number of imide groups is 1. The average molecular weight is 388 g/mol. The number of anilines is 1. The van der Waals surface area contributed by atoms with E-state index in [4.69, 9.17) is 28.5 Å². The predicted octanol–water partition coefficient (Wildman–Crippen LogP) is 4.26. The van der Waals surface area contributed by atoms with E-state index < -0.39 is 11.6 Å². The summed E-state index contributed by atoms with van der Waals surface area (Å²) in [6, 6.07) is 13.2. The lowest BCUT2D eigenvalue weighted by Crippen LogP contribution is -2.47. The fourth-order valence-corrected chi connectivity index (χ4v) is 3.53. The molecule has 2 aromatic rings. The van der Waals surface area contributed by atoms with Gasteiger partial charge in [-0.3, -0.25) is 4.79 Å². The molecule has 0 aliphatic carbocycles. The molecule has 3 rings (SSSR count). The van der Waals surface area contributed by atoms with Gasteiger partial charge in [-0.1, -0.05) is 35.3 Å². The van der Waals surface area contributed by atoms with E-state index in [1.54, 1.807) is 38.2 Å². The zero-order chi connectivity index (χ0) is 19.1. The van der Waals surface area contributed by atoms with Gasteiger partial charge in [0, 0.05) is 23.5 Å². The van der Waals surface area contributed by atoms with Crippen LogP contribution in [0, 0.1) is 11.3 Å². The Balaban J connectivity index is 1.96. The van der Waals surface area contributed by atoms with E-state index in [0.717, 1.165) is 10.5 Å². The number of amides is 3. The number of hydrogen-bond acceptors (Lipinski definition) is 3. The lowest BCUT2D eigenvalue weighted by molar-refractivity contribution is -0.123. The van der Waals surface area contributed by atoms with Crippen LogP contribution in [0.4, 0.5) is 10.5 Å². The number of likely N-dealkylation sites (N-methyl/N-ethyl adjacent to an activating group) is 1. The maximum absolute atomic E-state index is 13.1. The van der Waals surface area contributed by atoms with Crippen molar-refractivity contribution in [3.05, 3.63) is 63.6 Å². The molecule has 7 heteroatoms. The highest BCUT2D eigenvalue weighted by molar-refractivity contribution is 6.35. The molecule has 0 bridgehead atoms. The normalized spacial score (nSPS) is 19.8. The van der Waals surface area contributed by atoms with Crippen LogP contribution in [-0.2, 0) is 11.2 Å². The molecule has 132 valence electrons. The van der Waals surface area contributed by atoms with Gasteiger partial charge in [0.1, 0.15) is 5.54 Å². The van der Waals surface area contributed by atoms with Crippen molar-refractivity contribution < 1.29 is 9.59 Å². The molecule has 0 aromatic heterocycles. The summed E-state index contributed by atoms with van der Waals surface area (Å²) in [5, 5.41) is 9.59. The van der Waals surface area contributed by atoms with E-state index in [0.29, 0.717) is 27.7 Å². The molecule has 0 radical (unpaired) electrons. The standard InChI is InChI=1S/C19H15Cl2N3O2/c1-19(10-12-3-5-13(11-22)6-4-12)17(25)24(18(26)23(19)2)16-8-14(20)7-15(21)9-16/h3-9H,10H2,1-2H3/t19-/m1/s1. The first-order valence-electron chi connectivity index (χ1n) is 7.84. The maximum atomic E-state index is 13.1. The fraction of sp³-hybridized carbons (Fsp3) is 0.211. The van der Waals surface area contributed by atoms with Gasteiger partial charge in [0.15, 0.2) is 0 Å². The van der Waals surface area contributed by atoms with Crippen LogP contribution in [0.1, 0.15) is 18.1 Å². The molecule has 0 saturated carbocycles. The molecule has 2 aromatic carbocycles. The highest BCUT2D eigenvalue weighted by Crippen LogP contribution is 2.35. The van der Waals surface area contributed by atoms with Gasteiger partial charge in [-0.25, -0.2) is 9.69 Å². The predicted molar refractivity (Wildman–Crippen MR) is 100 cm³/mol. The van der Waals surface area contributed by atoms with E-state index >= 15 is 0 Å². The molecule has 1 aliphatic rings. The quantitative estimate of drug-likeness (QED) is 0.738. The summed E-state index contributed by atoms with van der Waals surface area (Å²) >= 11 is 12.0. The van der Waals surface area contributed by atoms with E-state index in [1.807, 2.05) is 0 Å². The number of carbonyl (C=O) groups excluding carboxylic acids is 2. The second kappa shape index (κ2) is 6.64. The smallest absolute Gasteiger partial charge is 0.312 e. The summed E-state index contributed by atoms with van der Waals surface area (Å²) in [5.74, 6) is -0.354. The Morgan fingerprint density at radius 3 is 2.19 bits per heavy atom. The summed E-state index contributed by atoms with van der Waals surface area (Å²) in [7, 11) is 1.59. The van der Waals surface area contributed by atoms with E-state index in [2.05, 4.69) is 6.07 Å². The Hall–Kier alpha value is -2.55. The van der Waals surface area contributed by atoms with Crippen LogP contribution in [0.3, 0.4) is 0 Å². The van der Waals surface area contributed by atoms with Crippen LogP contribution in [0.15, 0.2) is 42.5 Å². The Labute approximate surface area is 161 Å². The molecule has 1 saturated heterocycles. The van der Waals surface area contributed by atoms with Gasteiger partial charge in [0.25, 0.3) is 5.91 Å². The van der Waals surface area contributed by atoms with Crippen LogP contribution in [0.5, 0.6) is 0 Å². The Morgan fingerprint density at radius 2 is 1.65 bits per heavy atom. The summed E-state index contributed by atoms with van der Waals surface area (Å²) in [4.78, 5) is 28.4. The van der Waals surface area contributed by atoms with Gasteiger partial charge >= 0.3 is 6.03 Å². The molecule has 5 nitrogen and oxygen atoms in total. The van der Waals surface area contributed by atoms with Crippen molar-refractivity contribution in [3.63, 3.8) is 0 Å². The summed E-state index contributed by atoms with van der Waals surface area (Å²) in [6.07, 6.45) is 0.324. The Kier molecular flexibility index (Phi) is 4.66. The van der Waals surface area contributed by atoms with Gasteiger partial charge in [0.2, 0.25) is 0 Å². The van der Waals surface area contributed by atoms with Crippen LogP contribution in [0.25, 0.3) is 0 Å². The molecule has 26 heavy (non-hydrogen) atoms. The molecule has 1 aliphatic heterocycles. The monoisotopic (exact) mass is 387 g/mol. The first-order valence-corrected chi connectivity index (χ1v) is 8.59. The molecule has 1 atom stereocenters. The molecular weight excluding hydrogens is 373 g/mol. The second-order valence-corrected chi connectivity index (χ2v) is 7.24. The van der Waals surface area contributed by atoms with Gasteiger partial charge in [-0.2, -0.15) is 5.26 Å². The Bertz CT molecular complexity index is 917. The molecule has 1 fully saturated rings. The molecule has 3 amide bonds. The van der Waals surface area contributed by atoms with E-state index in [1.165, 1.54) is 23.1 Å². The number of halogens is 2. The summed E-state index contributed by atoms with van der Waals surface area (Å²) in [6.45, 7) is 1.72. The highest BCUT2D eigenvalue weighted by atomic mass is 35.5. The zero-order valence-corrected chi connectivity index (χ0v) is 15.7. The fourth-order valence-electron chi connectivity index (χ4n) is 3.02. The lowest BCUT2D eigenvalue weighted by atomic mass is 9.91. The van der Waals surface area contributed by atoms with Crippen molar-refractivity contribution in [1.82, 2.24) is 4.90 Å². The van der Waals surface area contributed by atoms with Crippen molar-refractivity contribution in [2.45, 2.75) is 18.9 Å². The first-order chi connectivity index (χ1) is 12.3. The third-order valence-electron chi connectivity index (χ3n) is 4.62. The van der Waals surface area contributed by atoms with Crippen LogP contribution < -0.4 is 4.90 Å². The number of nitrogens with zero attached hydrogens (tertiary/aromatic N) is 3. The van der Waals surface area contributed by atoms with Crippen molar-refractivity contribution in [1.29, 1.82) is 5.26 Å². The van der Waals surface area contributed by atoms with Crippen LogP contribution in [-0.4, -0.2) is 29.4 Å². The van der Waals surface area contributed by atoms with Gasteiger partial charge in [-0.15, -0.1) is 0 Å². The molecular formula is C19H15Cl2N3O2. The number of nitriles is 1. The van der Waals surface area contributed by atoms with E-state index in [-0.39, 0.29) is 5.91 Å². The maximum Gasteiger partial charge on any atom is 0.332 e. The third kappa shape index (κ3) is 3.03. The number of carbonyl (C=O) groups is 2. The number of hydrogen-bond donors (Lipinski definition) is 0. The summed E-state index contributed by atoms with van der Waals surface area (Å²) in [5.41, 5.74) is 0.676. The minimum absolute atomic E-state index is 0.324. The molecule has 0 spiro atoms. The lowest BCUT2D eigenvalue weighted by Gasteiger charge is -2.28. The molecule has 0 unspecified atom stereocenters. The molecule has 0 N–H and O–H groups in total. The van der Waals surface area contributed by atoms with E-state index in [9.17, 15) is 9.59 Å². The van der Waals surface area contributed by atoms with Crippen LogP contribution >= 0.6 is 23.2 Å². The van der Waals surface area contributed by atoms with Crippen molar-refractivity contribution in [3.8, 4) is 6.07 Å². The second-order valence-electron chi connectivity index (χ2n) is 6.37. The highest BCUT2D eigenvalue weighted by Gasteiger charge is 2.53. The number of rotatable bonds is 3. The van der Waals surface area contributed by atoms with Crippen LogP contribution in [0.2, 0.25) is 10.0 Å². The summed E-state index contributed by atoms with van der Waals surface area (Å²) < 4.78 is 0. The van der Waals surface area contributed by atoms with Crippen molar-refractivity contribution in [2.24, 2.45) is 0 Å². The number of benzene rings is 2. The zero-order valence-electron chi connectivity index (χ0n) is 14.2. The SMILES string of the molecule is CN1C(=O)N(c2cc(Cl)cc(Cl)c2)C(=O)[C@@]1(C)Cc1ccc(C#N)cc1. The minimum atomic E-state index is -1.06. The van der Waals surface area contributed by atoms with Gasteiger partial charge in [-0.05, 0) is 42.8 Å². The van der Waals surface area contributed by atoms with Crippen molar-refractivity contribution >= 4 is 40.8 Å². The Morgan fingerprint density at radius 1 is 1.08 bits per heavy atom. The van der Waals surface area contributed by atoms with Crippen molar-refractivity contribution in [2.75, 3.05) is 11.9 Å². The third-order valence-corrected chi connectivity index (χ3v) is 5.06. The minimum Gasteiger partial charge on any atom is -0.312 e. The largest absolute Gasteiger partial charge is 0.332 e.